The molecular weight excluding hydrogens is 1540 g/mol. The highest BCUT2D eigenvalue weighted by molar-refractivity contribution is 6.15. The minimum absolute atomic E-state index is 0.445. The second kappa shape index (κ2) is 38.4. The molecule has 0 unspecified atom stereocenters. The number of benzene rings is 14. The fraction of sp³-hybridized carbons (Fsp3) is 0.220. The molecule has 0 bridgehead atoms. The van der Waals surface area contributed by atoms with E-state index in [1.54, 1.807) is 54.3 Å². The van der Waals surface area contributed by atoms with Gasteiger partial charge in [-0.3, -0.25) is 9.36 Å². The molecule has 124 heavy (non-hydrogen) atoms. The highest BCUT2D eigenvalue weighted by atomic mass is 16.5. The van der Waals surface area contributed by atoms with Crippen LogP contribution in [0.4, 0.5) is 0 Å². The number of para-hydroxylation sites is 7. The van der Waals surface area contributed by atoms with Gasteiger partial charge in [-0.25, -0.2) is 0 Å². The van der Waals surface area contributed by atoms with Crippen molar-refractivity contribution in [1.29, 1.82) is 0 Å². The summed E-state index contributed by atoms with van der Waals surface area (Å²) < 4.78 is 53.0. The maximum absolute atomic E-state index is 11.2. The third-order valence-electron chi connectivity index (χ3n) is 23.5. The number of nitrogens with zero attached hydrogens (tertiary/aromatic N) is 7. The molecule has 0 aliphatic heterocycles. The van der Waals surface area contributed by atoms with Crippen LogP contribution in [0.15, 0.2) is 297 Å². The van der Waals surface area contributed by atoms with E-state index >= 15 is 0 Å². The average Bonchev–Trinajstić information content (AvgIpc) is 1.92. The van der Waals surface area contributed by atoms with Crippen LogP contribution >= 0.6 is 0 Å². The summed E-state index contributed by atoms with van der Waals surface area (Å²) in [6.07, 6.45) is 4.40. The minimum Gasteiger partial charge on any atom is -0.497 e. The molecule has 21 rings (SSSR count). The van der Waals surface area contributed by atoms with Gasteiger partial charge in [-0.15, -0.1) is 0 Å². The molecule has 0 N–H and O–H groups in total. The first-order valence-electron chi connectivity index (χ1n) is 42.9. The van der Waals surface area contributed by atoms with Crippen LogP contribution in [0.1, 0.15) is 73.8 Å². The number of carbonyl (C=O) groups is 1. The molecule has 7 aromatic heterocycles. The second-order valence-electron chi connectivity index (χ2n) is 31.7. The predicted molar refractivity (Wildman–Crippen MR) is 521 cm³/mol. The lowest BCUT2D eigenvalue weighted by atomic mass is 10.1. The molecule has 21 aromatic rings. The van der Waals surface area contributed by atoms with E-state index in [1.165, 1.54) is 144 Å². The fourth-order valence-electron chi connectivity index (χ4n) is 17.7. The molecular formula is C109H111N7O8. The monoisotopic (exact) mass is 1650 g/mol. The molecule has 14 aromatic carbocycles. The van der Waals surface area contributed by atoms with Crippen molar-refractivity contribution < 1.29 is 38.0 Å². The number of methoxy groups -OCH3 is 7. The van der Waals surface area contributed by atoms with Gasteiger partial charge in [0.1, 0.15) is 40.2 Å². The smallest absolute Gasteiger partial charge is 0.218 e. The van der Waals surface area contributed by atoms with E-state index in [-0.39, 0.29) is 0 Å². The standard InChI is InChI=1S/2C17H19NO.2C16H17NO.C15H15NO.C14H11NO2.C14H13NO/c1-12(2)11-18-16-7-5-4-6-14(16)15-10-13(19-3)8-9-17(15)18;1-3-4-11-18-16-8-6-5-7-14(16)15-12-13(19-2)9-10-17(15)18;1-11(2)17-15-7-5-4-6-13(15)14-10-12(18-3)8-9-16(14)17;1-3-10-17-15-7-5-4-6-13(15)14-11-12(18-2)8-9-16(14)17;1-3-16-14-7-5-4-6-12(14)13-10-11(17-2)8-9-15(13)16;1-17-10-6-7-14-12(8-10)11-4-2-3-5-13(11)15(14)9-16;1-15-13-6-4-3-5-11(13)12-9-10(16-2)7-8-14(12)15/h4-10,12H,11H2,1-3H3;5-10,12H,3-4,11H2,1-2H3;4-11H,1-3H3;4-9,11H,3,10H2,1-2H3;4-10H,3H2,1-2H3;2-9H,1H3;3-9H,1-2H3. The highest BCUT2D eigenvalue weighted by Crippen LogP contribution is 2.40. The Bertz CT molecular complexity index is 7350. The molecule has 7 heterocycles. The Morgan fingerprint density at radius 1 is 0.266 bits per heavy atom. The zero-order chi connectivity index (χ0) is 86.7. The SMILES string of the molecule is CCCCn1c2ccccc2c2cc(OC)ccc21.CCCn1c2ccccc2c2cc(OC)ccc21.CCn1c2ccccc2c2cc(OC)ccc21.COc1ccc2c(c1)c1ccccc1n2C.COc1ccc2c(c1)c1ccccc1n2C(C)C.COc1ccc2c(c1)c1ccccc1n2C=O.COc1ccc2c(c1)c1ccccc1n2CC(C)C. The zero-order valence-electron chi connectivity index (χ0n) is 73.9. The Hall–Kier alpha value is -14.1. The summed E-state index contributed by atoms with van der Waals surface area (Å²) in [5.41, 5.74) is 17.3. The van der Waals surface area contributed by atoms with Crippen LogP contribution in [0.25, 0.3) is 153 Å². The molecule has 630 valence electrons. The number of fused-ring (bicyclic) bond motifs is 21. The maximum atomic E-state index is 11.2. The van der Waals surface area contributed by atoms with Gasteiger partial charge in [-0.2, -0.15) is 0 Å². The number of aryl methyl sites for hydroxylation is 4. The molecule has 0 saturated carbocycles. The Kier molecular flexibility index (Phi) is 26.3. The first-order valence-corrected chi connectivity index (χ1v) is 42.9. The second-order valence-corrected chi connectivity index (χ2v) is 31.7. The number of carbonyl (C=O) groups excluding carboxylic acids is 1. The molecule has 15 nitrogen and oxygen atoms in total. The van der Waals surface area contributed by atoms with E-state index in [9.17, 15) is 4.79 Å². The van der Waals surface area contributed by atoms with Crippen molar-refractivity contribution >= 4 is 159 Å². The van der Waals surface area contributed by atoms with Crippen molar-refractivity contribution in [2.45, 2.75) is 99.9 Å². The van der Waals surface area contributed by atoms with Gasteiger partial charge in [-0.1, -0.05) is 162 Å². The Labute approximate surface area is 724 Å². The van der Waals surface area contributed by atoms with Gasteiger partial charge in [0.05, 0.1) is 60.8 Å². The molecule has 0 aliphatic carbocycles. The van der Waals surface area contributed by atoms with E-state index in [4.69, 9.17) is 33.2 Å². The van der Waals surface area contributed by atoms with E-state index in [0.717, 1.165) is 101 Å². The van der Waals surface area contributed by atoms with Gasteiger partial charge in [-0.05, 0) is 209 Å². The topological polar surface area (TPSA) is 116 Å². The first kappa shape index (κ1) is 84.9. The molecule has 0 aliphatic rings. The molecule has 0 spiro atoms. The number of unbranched alkanes of at least 4 members (excludes halogenated alkanes) is 1. The average molecular weight is 1650 g/mol. The van der Waals surface area contributed by atoms with Crippen molar-refractivity contribution in [2.24, 2.45) is 13.0 Å². The fourth-order valence-corrected chi connectivity index (χ4v) is 17.7. The normalized spacial score (nSPS) is 11.3. The summed E-state index contributed by atoms with van der Waals surface area (Å²) in [5, 5.41) is 17.5. The van der Waals surface area contributed by atoms with Crippen LogP contribution in [-0.2, 0) is 38.0 Å². The van der Waals surface area contributed by atoms with Gasteiger partial charge in [0, 0.05) is 181 Å². The molecule has 0 saturated heterocycles. The number of rotatable bonds is 17. The van der Waals surface area contributed by atoms with Crippen molar-refractivity contribution in [3.05, 3.63) is 297 Å². The molecule has 0 fully saturated rings. The van der Waals surface area contributed by atoms with Crippen LogP contribution in [0, 0.1) is 5.92 Å². The lowest BCUT2D eigenvalue weighted by molar-refractivity contribution is 0.415. The van der Waals surface area contributed by atoms with E-state index < -0.39 is 0 Å². The third-order valence-corrected chi connectivity index (χ3v) is 23.5. The van der Waals surface area contributed by atoms with Crippen molar-refractivity contribution in [3.63, 3.8) is 0 Å². The van der Waals surface area contributed by atoms with Crippen molar-refractivity contribution in [1.82, 2.24) is 32.0 Å². The van der Waals surface area contributed by atoms with Gasteiger partial charge < -0.3 is 60.6 Å². The Morgan fingerprint density at radius 2 is 0.508 bits per heavy atom. The molecule has 0 amide bonds. The van der Waals surface area contributed by atoms with Crippen LogP contribution in [0.2, 0.25) is 0 Å². The van der Waals surface area contributed by atoms with Gasteiger partial charge in [0.15, 0.2) is 0 Å². The number of aromatic nitrogens is 7. The lowest BCUT2D eigenvalue weighted by Gasteiger charge is -2.11. The summed E-state index contributed by atoms with van der Waals surface area (Å²) in [4.78, 5) is 11.2. The maximum Gasteiger partial charge on any atom is 0.218 e. The first-order chi connectivity index (χ1) is 60.6. The zero-order valence-corrected chi connectivity index (χ0v) is 73.9. The van der Waals surface area contributed by atoms with Crippen LogP contribution < -0.4 is 33.2 Å². The summed E-state index contributed by atoms with van der Waals surface area (Å²) in [5.74, 6) is 6.91. The summed E-state index contributed by atoms with van der Waals surface area (Å²) >= 11 is 0. The Morgan fingerprint density at radius 3 is 0.871 bits per heavy atom. The lowest BCUT2D eigenvalue weighted by Crippen LogP contribution is -2.03. The molecule has 15 heteroatoms. The number of hydrogen-bond acceptors (Lipinski definition) is 8. The van der Waals surface area contributed by atoms with Gasteiger partial charge in [0.2, 0.25) is 6.41 Å². The van der Waals surface area contributed by atoms with Crippen LogP contribution in [-0.4, -0.2) is 88.1 Å². The largest absolute Gasteiger partial charge is 0.497 e. The Balaban J connectivity index is 0.000000112. The number of ether oxygens (including phenoxy) is 7. The van der Waals surface area contributed by atoms with E-state index in [1.807, 2.05) is 78.9 Å². The van der Waals surface area contributed by atoms with Crippen LogP contribution in [0.3, 0.4) is 0 Å². The summed E-state index contributed by atoms with van der Waals surface area (Å²) in [6.45, 7) is 19.7. The highest BCUT2D eigenvalue weighted by Gasteiger charge is 2.19. The predicted octanol–water partition coefficient (Wildman–Crippen LogP) is 27.7. The molecule has 0 atom stereocenters. The van der Waals surface area contributed by atoms with E-state index in [2.05, 4.69) is 301 Å². The molecule has 0 radical (unpaired) electrons. The van der Waals surface area contributed by atoms with Crippen molar-refractivity contribution in [2.75, 3.05) is 49.8 Å². The van der Waals surface area contributed by atoms with E-state index in [0.29, 0.717) is 12.0 Å². The third kappa shape index (κ3) is 16.8. The summed E-state index contributed by atoms with van der Waals surface area (Å²) in [7, 11) is 14.0. The van der Waals surface area contributed by atoms with Gasteiger partial charge in [0.25, 0.3) is 0 Å². The number of hydrogen-bond donors (Lipinski definition) is 0. The summed E-state index contributed by atoms with van der Waals surface area (Å²) in [6, 6.07) is 103. The minimum atomic E-state index is 0.445. The van der Waals surface area contributed by atoms with Crippen molar-refractivity contribution in [3.8, 4) is 40.2 Å². The quantitative estimate of drug-likeness (QED) is 0.0828. The van der Waals surface area contributed by atoms with Gasteiger partial charge >= 0.3 is 0 Å². The van der Waals surface area contributed by atoms with Crippen LogP contribution in [0.5, 0.6) is 40.2 Å².